The average Bonchev–Trinajstić information content (AvgIpc) is 2.80. The van der Waals surface area contributed by atoms with Gasteiger partial charge in [-0.1, -0.05) is 0 Å². The molecule has 1 aliphatic rings. The van der Waals surface area contributed by atoms with Crippen molar-refractivity contribution in [3.05, 3.63) is 17.8 Å². The van der Waals surface area contributed by atoms with E-state index in [-0.39, 0.29) is 17.7 Å². The Kier molecular flexibility index (Phi) is 3.43. The van der Waals surface area contributed by atoms with Crippen LogP contribution in [0.4, 0.5) is 5.69 Å². The predicted molar refractivity (Wildman–Crippen MR) is 61.6 cm³/mol. The number of hydrogen-bond donors (Lipinski definition) is 2. The summed E-state index contributed by atoms with van der Waals surface area (Å²) in [5.41, 5.74) is 11.3. The molecule has 1 atom stereocenters. The molecule has 6 heteroatoms. The topological polar surface area (TPSA) is 100 Å². The van der Waals surface area contributed by atoms with Gasteiger partial charge < -0.3 is 20.9 Å². The maximum atomic E-state index is 11.0. The second kappa shape index (κ2) is 5.01. The van der Waals surface area contributed by atoms with Crippen LogP contribution in [0.15, 0.2) is 12.1 Å². The van der Waals surface area contributed by atoms with Gasteiger partial charge in [0.15, 0.2) is 0 Å². The van der Waals surface area contributed by atoms with E-state index < -0.39 is 5.91 Å². The van der Waals surface area contributed by atoms with Crippen molar-refractivity contribution < 1.29 is 14.3 Å². The highest BCUT2D eigenvalue weighted by molar-refractivity contribution is 5.91. The third-order valence-electron chi connectivity index (χ3n) is 2.57. The first-order valence-corrected chi connectivity index (χ1v) is 5.47. The number of nitrogen functional groups attached to an aromatic ring is 1. The minimum atomic E-state index is -0.605. The Labute approximate surface area is 98.9 Å². The fourth-order valence-corrected chi connectivity index (χ4v) is 1.65. The van der Waals surface area contributed by atoms with Crippen LogP contribution in [0.5, 0.6) is 5.88 Å². The Morgan fingerprint density at radius 1 is 1.59 bits per heavy atom. The van der Waals surface area contributed by atoms with E-state index in [9.17, 15) is 4.79 Å². The van der Waals surface area contributed by atoms with Gasteiger partial charge in [0.1, 0.15) is 12.3 Å². The molecule has 0 bridgehead atoms. The number of aromatic nitrogens is 1. The first-order chi connectivity index (χ1) is 8.16. The fourth-order valence-electron chi connectivity index (χ4n) is 1.65. The van der Waals surface area contributed by atoms with Gasteiger partial charge in [-0.05, 0) is 25.0 Å². The number of primary amides is 1. The molecule has 1 aromatic rings. The molecule has 1 saturated heterocycles. The Balaban J connectivity index is 2.03. The average molecular weight is 237 g/mol. The summed E-state index contributed by atoms with van der Waals surface area (Å²) in [5.74, 6) is -0.372. The molecule has 1 amide bonds. The number of rotatable bonds is 4. The molecule has 2 heterocycles. The third-order valence-corrected chi connectivity index (χ3v) is 2.57. The first-order valence-electron chi connectivity index (χ1n) is 5.47. The van der Waals surface area contributed by atoms with Crippen LogP contribution in [-0.4, -0.2) is 30.2 Å². The molecule has 0 aromatic carbocycles. The lowest BCUT2D eigenvalue weighted by Crippen LogP contribution is -2.19. The van der Waals surface area contributed by atoms with E-state index in [2.05, 4.69) is 4.98 Å². The summed E-state index contributed by atoms with van der Waals surface area (Å²) in [6, 6.07) is 3.02. The van der Waals surface area contributed by atoms with E-state index in [1.54, 1.807) is 6.07 Å². The monoisotopic (exact) mass is 237 g/mol. The summed E-state index contributed by atoms with van der Waals surface area (Å²) in [7, 11) is 0. The molecule has 0 radical (unpaired) electrons. The summed E-state index contributed by atoms with van der Waals surface area (Å²) < 4.78 is 10.8. The van der Waals surface area contributed by atoms with E-state index in [0.29, 0.717) is 12.3 Å². The van der Waals surface area contributed by atoms with Gasteiger partial charge in [-0.25, -0.2) is 4.98 Å². The highest BCUT2D eigenvalue weighted by Gasteiger charge is 2.17. The summed E-state index contributed by atoms with van der Waals surface area (Å²) >= 11 is 0. The molecular formula is C11H15N3O3. The number of carbonyl (C=O) groups excluding carboxylic acids is 1. The smallest absolute Gasteiger partial charge is 0.267 e. The molecule has 1 aliphatic heterocycles. The molecule has 17 heavy (non-hydrogen) atoms. The second-order valence-corrected chi connectivity index (χ2v) is 3.90. The largest absolute Gasteiger partial charge is 0.473 e. The number of ether oxygens (including phenoxy) is 2. The van der Waals surface area contributed by atoms with Crippen LogP contribution in [0.2, 0.25) is 0 Å². The number of hydrogen-bond acceptors (Lipinski definition) is 5. The highest BCUT2D eigenvalue weighted by atomic mass is 16.5. The molecule has 1 unspecified atom stereocenters. The summed E-state index contributed by atoms with van der Waals surface area (Å²) in [6.45, 7) is 1.15. The number of nitrogens with zero attached hydrogens (tertiary/aromatic N) is 1. The van der Waals surface area contributed by atoms with Gasteiger partial charge in [-0.2, -0.15) is 0 Å². The van der Waals surface area contributed by atoms with Crippen LogP contribution in [0.25, 0.3) is 0 Å². The lowest BCUT2D eigenvalue weighted by molar-refractivity contribution is 0.0665. The zero-order chi connectivity index (χ0) is 12.3. The second-order valence-electron chi connectivity index (χ2n) is 3.90. The molecule has 2 rings (SSSR count). The van der Waals surface area contributed by atoms with E-state index >= 15 is 0 Å². The zero-order valence-corrected chi connectivity index (χ0v) is 9.39. The van der Waals surface area contributed by atoms with Crippen LogP contribution in [-0.2, 0) is 4.74 Å². The van der Waals surface area contributed by atoms with Crippen LogP contribution < -0.4 is 16.2 Å². The molecule has 4 N–H and O–H groups in total. The summed E-state index contributed by atoms with van der Waals surface area (Å²) in [6.07, 6.45) is 2.08. The minimum Gasteiger partial charge on any atom is -0.473 e. The Bertz CT molecular complexity index is 416. The van der Waals surface area contributed by atoms with Gasteiger partial charge in [0, 0.05) is 6.61 Å². The lowest BCUT2D eigenvalue weighted by atomic mass is 10.2. The molecule has 0 spiro atoms. The van der Waals surface area contributed by atoms with Crippen molar-refractivity contribution in [2.75, 3.05) is 18.9 Å². The first kappa shape index (κ1) is 11.7. The normalized spacial score (nSPS) is 19.2. The van der Waals surface area contributed by atoms with Gasteiger partial charge >= 0.3 is 0 Å². The number of nitrogens with two attached hydrogens (primary N) is 2. The predicted octanol–water partition coefficient (Wildman–Crippen LogP) is 0.320. The maximum Gasteiger partial charge on any atom is 0.267 e. The van der Waals surface area contributed by atoms with Gasteiger partial charge in [-0.15, -0.1) is 0 Å². The fraction of sp³-hybridized carbons (Fsp3) is 0.455. The van der Waals surface area contributed by atoms with E-state index in [1.807, 2.05) is 0 Å². The molecule has 0 saturated carbocycles. The quantitative estimate of drug-likeness (QED) is 0.785. The Morgan fingerprint density at radius 3 is 3.06 bits per heavy atom. The van der Waals surface area contributed by atoms with Crippen molar-refractivity contribution in [2.24, 2.45) is 5.73 Å². The molecule has 6 nitrogen and oxygen atoms in total. The van der Waals surface area contributed by atoms with Crippen molar-refractivity contribution in [2.45, 2.75) is 18.9 Å². The van der Waals surface area contributed by atoms with Gasteiger partial charge in [0.25, 0.3) is 5.91 Å². The minimum absolute atomic E-state index is 0.0773. The van der Waals surface area contributed by atoms with Crippen molar-refractivity contribution in [3.63, 3.8) is 0 Å². The van der Waals surface area contributed by atoms with Gasteiger partial charge in [0.05, 0.1) is 11.8 Å². The standard InChI is InChI=1S/C11H15N3O3/c12-8-3-4-9(10(13)15)14-11(8)17-6-7-2-1-5-16-7/h3-4,7H,1-2,5-6,12H2,(H2,13,15). The molecular weight excluding hydrogens is 222 g/mol. The zero-order valence-electron chi connectivity index (χ0n) is 9.39. The molecule has 1 fully saturated rings. The van der Waals surface area contributed by atoms with Crippen molar-refractivity contribution in [1.29, 1.82) is 0 Å². The maximum absolute atomic E-state index is 11.0. The van der Waals surface area contributed by atoms with Crippen LogP contribution >= 0.6 is 0 Å². The van der Waals surface area contributed by atoms with Gasteiger partial charge in [-0.3, -0.25) is 4.79 Å². The van der Waals surface area contributed by atoms with Crippen LogP contribution in [0, 0.1) is 0 Å². The molecule has 1 aromatic heterocycles. The summed E-state index contributed by atoms with van der Waals surface area (Å²) in [4.78, 5) is 14.9. The van der Waals surface area contributed by atoms with E-state index in [0.717, 1.165) is 19.4 Å². The SMILES string of the molecule is NC(=O)c1ccc(N)c(OCC2CCCO2)n1. The molecule has 92 valence electrons. The van der Waals surface area contributed by atoms with Crippen LogP contribution in [0.3, 0.4) is 0 Å². The van der Waals surface area contributed by atoms with E-state index in [4.69, 9.17) is 20.9 Å². The Hall–Kier alpha value is -1.82. The van der Waals surface area contributed by atoms with Crippen molar-refractivity contribution in [1.82, 2.24) is 4.98 Å². The highest BCUT2D eigenvalue weighted by Crippen LogP contribution is 2.20. The summed E-state index contributed by atoms with van der Waals surface area (Å²) in [5, 5.41) is 0. The van der Waals surface area contributed by atoms with E-state index in [1.165, 1.54) is 6.07 Å². The van der Waals surface area contributed by atoms with Crippen molar-refractivity contribution in [3.8, 4) is 5.88 Å². The number of carbonyl (C=O) groups is 1. The number of amides is 1. The van der Waals surface area contributed by atoms with Crippen LogP contribution in [0.1, 0.15) is 23.3 Å². The number of pyridine rings is 1. The number of anilines is 1. The third kappa shape index (κ3) is 2.85. The van der Waals surface area contributed by atoms with Crippen molar-refractivity contribution >= 4 is 11.6 Å². The lowest BCUT2D eigenvalue weighted by Gasteiger charge is -2.12. The Morgan fingerprint density at radius 2 is 2.41 bits per heavy atom. The molecule has 0 aliphatic carbocycles. The van der Waals surface area contributed by atoms with Gasteiger partial charge in [0.2, 0.25) is 5.88 Å².